The molecule has 2 aromatic heterocycles. The zero-order valence-corrected chi connectivity index (χ0v) is 17.9. The maximum atomic E-state index is 12.5. The van der Waals surface area contributed by atoms with Gasteiger partial charge in [-0.1, -0.05) is 42.0 Å². The van der Waals surface area contributed by atoms with Gasteiger partial charge in [-0.3, -0.25) is 9.48 Å². The van der Waals surface area contributed by atoms with Crippen molar-refractivity contribution < 1.29 is 9.53 Å². The van der Waals surface area contributed by atoms with E-state index in [0.717, 1.165) is 11.3 Å². The fourth-order valence-corrected chi connectivity index (χ4v) is 3.31. The van der Waals surface area contributed by atoms with E-state index in [0.29, 0.717) is 18.1 Å². The molecule has 0 saturated carbocycles. The van der Waals surface area contributed by atoms with Gasteiger partial charge in [0.1, 0.15) is 5.75 Å². The zero-order chi connectivity index (χ0) is 21.8. The van der Waals surface area contributed by atoms with Crippen LogP contribution in [0.3, 0.4) is 0 Å². The van der Waals surface area contributed by atoms with E-state index in [1.165, 1.54) is 16.7 Å². The Morgan fingerprint density at radius 3 is 2.55 bits per heavy atom. The van der Waals surface area contributed by atoms with Crippen LogP contribution < -0.4 is 10.1 Å². The largest absolute Gasteiger partial charge is 0.471 e. The quantitative estimate of drug-likeness (QED) is 0.487. The number of nitrogens with zero attached hydrogens (tertiary/aromatic N) is 4. The number of aryl methyl sites for hydroxylation is 3. The summed E-state index contributed by atoms with van der Waals surface area (Å²) in [6.07, 6.45) is 3.56. The molecule has 31 heavy (non-hydrogen) atoms. The third-order valence-corrected chi connectivity index (χ3v) is 5.03. The van der Waals surface area contributed by atoms with Gasteiger partial charge in [-0.05, 0) is 49.6 Å². The molecule has 1 N–H and O–H groups in total. The lowest BCUT2D eigenvalue weighted by atomic mass is 10.1. The minimum absolute atomic E-state index is 0.224. The van der Waals surface area contributed by atoms with E-state index in [1.807, 2.05) is 44.3 Å². The number of ether oxygens (including phenoxy) is 1. The highest BCUT2D eigenvalue weighted by Crippen LogP contribution is 2.19. The predicted molar refractivity (Wildman–Crippen MR) is 119 cm³/mol. The Morgan fingerprint density at radius 2 is 1.74 bits per heavy atom. The Hall–Kier alpha value is -3.87. The number of nitrogens with one attached hydrogen (secondary N) is 1. The number of anilines is 1. The van der Waals surface area contributed by atoms with Gasteiger partial charge in [0.25, 0.3) is 5.91 Å². The monoisotopic (exact) mass is 415 g/mol. The number of aromatic nitrogens is 4. The molecule has 0 aliphatic heterocycles. The van der Waals surface area contributed by atoms with E-state index in [-0.39, 0.29) is 12.6 Å². The van der Waals surface area contributed by atoms with Crippen LogP contribution in [-0.4, -0.2) is 25.5 Å². The Kier molecular flexibility index (Phi) is 5.84. The van der Waals surface area contributed by atoms with Gasteiger partial charge in [0, 0.05) is 18.5 Å². The van der Waals surface area contributed by atoms with Crippen LogP contribution in [0.4, 0.5) is 5.82 Å². The Labute approximate surface area is 181 Å². The molecule has 0 fully saturated rings. The highest BCUT2D eigenvalue weighted by atomic mass is 16.5. The molecule has 7 heteroatoms. The number of rotatable bonds is 7. The summed E-state index contributed by atoms with van der Waals surface area (Å²) >= 11 is 0. The molecule has 4 aromatic rings. The molecular weight excluding hydrogens is 390 g/mol. The smallest absolute Gasteiger partial charge is 0.277 e. The van der Waals surface area contributed by atoms with Gasteiger partial charge >= 0.3 is 0 Å². The lowest BCUT2D eigenvalue weighted by molar-refractivity contribution is 0.101. The fraction of sp³-hybridized carbons (Fsp3) is 0.208. The topological polar surface area (TPSA) is 74.0 Å². The van der Waals surface area contributed by atoms with Gasteiger partial charge in [-0.25, -0.2) is 4.68 Å². The fourth-order valence-electron chi connectivity index (χ4n) is 3.31. The summed E-state index contributed by atoms with van der Waals surface area (Å²) in [4.78, 5) is 12.5. The van der Waals surface area contributed by atoms with Crippen molar-refractivity contribution in [1.82, 2.24) is 19.6 Å². The summed E-state index contributed by atoms with van der Waals surface area (Å²) in [6.45, 7) is 6.99. The number of benzene rings is 2. The van der Waals surface area contributed by atoms with Gasteiger partial charge in [-0.2, -0.15) is 10.2 Å². The first-order valence-corrected chi connectivity index (χ1v) is 10.1. The second kappa shape index (κ2) is 8.87. The molecular formula is C24H25N5O2. The molecule has 0 bridgehead atoms. The van der Waals surface area contributed by atoms with Crippen LogP contribution in [-0.2, 0) is 13.3 Å². The van der Waals surface area contributed by atoms with Crippen LogP contribution >= 0.6 is 0 Å². The standard InChI is InChI=1S/C24H25N5O2/c1-17-8-9-22(19(3)14-17)31-16-29-12-10-21(26-29)24(30)25-23-11-13-28(27-23)15-20-7-5-4-6-18(20)2/h4-14H,15-16H2,1-3H3,(H,25,27,30). The third-order valence-electron chi connectivity index (χ3n) is 5.03. The molecule has 158 valence electrons. The van der Waals surface area contributed by atoms with Crippen molar-refractivity contribution >= 4 is 11.7 Å². The third kappa shape index (κ3) is 5.01. The first-order valence-electron chi connectivity index (χ1n) is 10.1. The number of carbonyl (C=O) groups excluding carboxylic acids is 1. The van der Waals surface area contributed by atoms with Crippen LogP contribution in [0.1, 0.15) is 32.7 Å². The van der Waals surface area contributed by atoms with Gasteiger partial charge < -0.3 is 10.1 Å². The summed E-state index contributed by atoms with van der Waals surface area (Å²) in [5, 5.41) is 11.5. The van der Waals surface area contributed by atoms with Gasteiger partial charge in [-0.15, -0.1) is 0 Å². The van der Waals surface area contributed by atoms with Crippen molar-refractivity contribution in [2.24, 2.45) is 0 Å². The van der Waals surface area contributed by atoms with Crippen LogP contribution in [0.25, 0.3) is 0 Å². The van der Waals surface area contributed by atoms with Crippen LogP contribution in [0.15, 0.2) is 67.0 Å². The number of hydrogen-bond acceptors (Lipinski definition) is 4. The molecule has 4 rings (SSSR count). The normalized spacial score (nSPS) is 10.8. The maximum Gasteiger partial charge on any atom is 0.277 e. The average molecular weight is 415 g/mol. The van der Waals surface area contributed by atoms with E-state index in [4.69, 9.17) is 4.74 Å². The summed E-state index contributed by atoms with van der Waals surface area (Å²) in [5.74, 6) is 0.970. The lowest BCUT2D eigenvalue weighted by Crippen LogP contribution is -2.15. The van der Waals surface area contributed by atoms with Crippen molar-refractivity contribution in [3.8, 4) is 5.75 Å². The second-order valence-corrected chi connectivity index (χ2v) is 7.56. The van der Waals surface area contributed by atoms with Crippen molar-refractivity contribution in [2.75, 3.05) is 5.32 Å². The Balaban J connectivity index is 1.35. The predicted octanol–water partition coefficient (Wildman–Crippen LogP) is 4.34. The minimum Gasteiger partial charge on any atom is -0.471 e. The highest BCUT2D eigenvalue weighted by molar-refractivity contribution is 6.02. The molecule has 2 aromatic carbocycles. The molecule has 2 heterocycles. The average Bonchev–Trinajstić information content (AvgIpc) is 3.39. The lowest BCUT2D eigenvalue weighted by Gasteiger charge is -2.09. The maximum absolute atomic E-state index is 12.5. The van der Waals surface area contributed by atoms with Crippen molar-refractivity contribution in [3.05, 3.63) is 94.9 Å². The summed E-state index contributed by atoms with van der Waals surface area (Å²) in [6, 6.07) is 17.6. The molecule has 0 radical (unpaired) electrons. The molecule has 0 unspecified atom stereocenters. The van der Waals surface area contributed by atoms with E-state index >= 15 is 0 Å². The van der Waals surface area contributed by atoms with Crippen molar-refractivity contribution in [1.29, 1.82) is 0 Å². The van der Waals surface area contributed by atoms with E-state index in [1.54, 1.807) is 27.7 Å². The number of amides is 1. The Bertz CT molecular complexity index is 1210. The molecule has 0 aliphatic carbocycles. The van der Waals surface area contributed by atoms with Crippen LogP contribution in [0.2, 0.25) is 0 Å². The summed E-state index contributed by atoms with van der Waals surface area (Å²) < 4.78 is 9.20. The van der Waals surface area contributed by atoms with E-state index in [9.17, 15) is 4.79 Å². The SMILES string of the molecule is Cc1ccc(OCn2ccc(C(=O)Nc3ccn(Cc4ccccc4C)n3)n2)c(C)c1. The summed E-state index contributed by atoms with van der Waals surface area (Å²) in [5.41, 5.74) is 4.94. The van der Waals surface area contributed by atoms with Crippen molar-refractivity contribution in [3.63, 3.8) is 0 Å². The molecule has 0 spiro atoms. The molecule has 1 amide bonds. The van der Waals surface area contributed by atoms with Crippen LogP contribution in [0, 0.1) is 20.8 Å². The molecule has 0 aliphatic rings. The molecule has 7 nitrogen and oxygen atoms in total. The molecule has 0 saturated heterocycles. The van der Waals surface area contributed by atoms with Crippen LogP contribution in [0.5, 0.6) is 5.75 Å². The second-order valence-electron chi connectivity index (χ2n) is 7.56. The van der Waals surface area contributed by atoms with Gasteiger partial charge in [0.15, 0.2) is 18.2 Å². The summed E-state index contributed by atoms with van der Waals surface area (Å²) in [7, 11) is 0. The first kappa shape index (κ1) is 20.4. The van der Waals surface area contributed by atoms with E-state index in [2.05, 4.69) is 40.6 Å². The molecule has 0 atom stereocenters. The van der Waals surface area contributed by atoms with Gasteiger partial charge in [0.2, 0.25) is 0 Å². The van der Waals surface area contributed by atoms with Gasteiger partial charge in [0.05, 0.1) is 6.54 Å². The minimum atomic E-state index is -0.314. The zero-order valence-electron chi connectivity index (χ0n) is 17.9. The van der Waals surface area contributed by atoms with E-state index < -0.39 is 0 Å². The van der Waals surface area contributed by atoms with Crippen molar-refractivity contribution in [2.45, 2.75) is 34.0 Å². The number of carbonyl (C=O) groups is 1. The highest BCUT2D eigenvalue weighted by Gasteiger charge is 2.12. The Morgan fingerprint density at radius 1 is 0.935 bits per heavy atom. The number of hydrogen-bond donors (Lipinski definition) is 1. The first-order chi connectivity index (χ1) is 15.0.